The van der Waals surface area contributed by atoms with Gasteiger partial charge in [-0.1, -0.05) is 23.7 Å². The summed E-state index contributed by atoms with van der Waals surface area (Å²) in [6.07, 6.45) is 2.87. The monoisotopic (exact) mass is 267 g/mol. The van der Waals surface area contributed by atoms with Crippen LogP contribution in [0.25, 0.3) is 15.9 Å². The molecular formula is C10H6ClN3O2S. The molecule has 1 unspecified atom stereocenters. The van der Waals surface area contributed by atoms with Gasteiger partial charge in [0.2, 0.25) is 0 Å². The SMILES string of the molecule is O=C1C=C(n2ncc3cccc(Cl)c32)S(=O)N1. The number of hydrogen-bond donors (Lipinski definition) is 1. The molecule has 2 aromatic rings. The van der Waals surface area contributed by atoms with Gasteiger partial charge in [0, 0.05) is 11.5 Å². The molecule has 0 fully saturated rings. The molecule has 0 saturated carbocycles. The first-order valence-electron chi connectivity index (χ1n) is 4.73. The van der Waals surface area contributed by atoms with Gasteiger partial charge >= 0.3 is 0 Å². The van der Waals surface area contributed by atoms with E-state index in [1.54, 1.807) is 18.3 Å². The van der Waals surface area contributed by atoms with Gasteiger partial charge in [-0.3, -0.25) is 9.52 Å². The van der Waals surface area contributed by atoms with Gasteiger partial charge in [-0.25, -0.2) is 8.89 Å². The van der Waals surface area contributed by atoms with Gasteiger partial charge in [-0.2, -0.15) is 5.10 Å². The zero-order chi connectivity index (χ0) is 12.0. The third-order valence-electron chi connectivity index (χ3n) is 2.39. The highest BCUT2D eigenvalue weighted by molar-refractivity contribution is 7.93. The van der Waals surface area contributed by atoms with Gasteiger partial charge in [-0.15, -0.1) is 0 Å². The van der Waals surface area contributed by atoms with E-state index < -0.39 is 16.9 Å². The van der Waals surface area contributed by atoms with Gasteiger partial charge in [0.15, 0.2) is 16.0 Å². The quantitative estimate of drug-likeness (QED) is 0.847. The van der Waals surface area contributed by atoms with Gasteiger partial charge in [-0.05, 0) is 6.07 Å². The number of hydrogen-bond acceptors (Lipinski definition) is 3. The zero-order valence-electron chi connectivity index (χ0n) is 8.38. The Kier molecular flexibility index (Phi) is 2.27. The predicted molar refractivity (Wildman–Crippen MR) is 65.3 cm³/mol. The van der Waals surface area contributed by atoms with E-state index in [0.29, 0.717) is 10.5 Å². The van der Waals surface area contributed by atoms with E-state index in [2.05, 4.69) is 9.82 Å². The average Bonchev–Trinajstić information content (AvgIpc) is 2.83. The maximum absolute atomic E-state index is 11.6. The van der Waals surface area contributed by atoms with Crippen LogP contribution in [0.1, 0.15) is 0 Å². The van der Waals surface area contributed by atoms with Crippen molar-refractivity contribution in [3.63, 3.8) is 0 Å². The largest absolute Gasteiger partial charge is 0.269 e. The molecule has 1 atom stereocenters. The summed E-state index contributed by atoms with van der Waals surface area (Å²) in [7, 11) is -1.58. The highest BCUT2D eigenvalue weighted by Crippen LogP contribution is 2.26. The summed E-state index contributed by atoms with van der Waals surface area (Å²) in [4.78, 5) is 11.1. The lowest BCUT2D eigenvalue weighted by Crippen LogP contribution is -2.17. The normalized spacial score (nSPS) is 19.5. The molecule has 1 aromatic heterocycles. The average molecular weight is 268 g/mol. The standard InChI is InChI=1S/C10H6ClN3O2S/c11-7-3-1-2-6-5-12-14(10(6)7)9-4-8(15)13-17(9)16/h1-5H,(H,13,15). The fourth-order valence-corrected chi connectivity index (χ4v) is 2.80. The first-order valence-corrected chi connectivity index (χ1v) is 6.26. The number of aromatic nitrogens is 2. The molecule has 1 aliphatic rings. The molecule has 1 aliphatic heterocycles. The minimum absolute atomic E-state index is 0.290. The van der Waals surface area contributed by atoms with Gasteiger partial charge in [0.05, 0.1) is 16.7 Å². The molecule has 0 saturated heterocycles. The molecule has 86 valence electrons. The Balaban J connectivity index is 2.29. The second kappa shape index (κ2) is 3.68. The third-order valence-corrected chi connectivity index (χ3v) is 3.75. The van der Waals surface area contributed by atoms with Crippen LogP contribution in [-0.4, -0.2) is 19.9 Å². The number of nitrogens with one attached hydrogen (secondary N) is 1. The van der Waals surface area contributed by atoms with Crippen LogP contribution in [0.4, 0.5) is 0 Å². The highest BCUT2D eigenvalue weighted by Gasteiger charge is 2.23. The molecule has 5 nitrogen and oxygen atoms in total. The predicted octanol–water partition coefficient (Wildman–Crippen LogP) is 1.28. The van der Waals surface area contributed by atoms with Crippen LogP contribution < -0.4 is 4.72 Å². The lowest BCUT2D eigenvalue weighted by atomic mass is 10.2. The minimum Gasteiger partial charge on any atom is -0.269 e. The summed E-state index contributed by atoms with van der Waals surface area (Å²) in [5.74, 6) is -0.394. The Morgan fingerprint density at radius 3 is 2.94 bits per heavy atom. The number of nitrogens with zero attached hydrogens (tertiary/aromatic N) is 2. The molecule has 2 heterocycles. The van der Waals surface area contributed by atoms with E-state index in [9.17, 15) is 9.00 Å². The van der Waals surface area contributed by atoms with Gasteiger partial charge in [0.1, 0.15) is 0 Å². The van der Waals surface area contributed by atoms with Crippen LogP contribution in [0, 0.1) is 0 Å². The van der Waals surface area contributed by atoms with Crippen molar-refractivity contribution >= 4 is 44.4 Å². The van der Waals surface area contributed by atoms with E-state index in [1.165, 1.54) is 10.8 Å². The molecule has 1 amide bonds. The third kappa shape index (κ3) is 1.57. The van der Waals surface area contributed by atoms with Crippen molar-refractivity contribution in [3.8, 4) is 0 Å². The van der Waals surface area contributed by atoms with E-state index in [1.807, 2.05) is 6.07 Å². The molecule has 3 rings (SSSR count). The van der Waals surface area contributed by atoms with E-state index in [4.69, 9.17) is 11.6 Å². The van der Waals surface area contributed by atoms with E-state index >= 15 is 0 Å². The Labute approximate surface area is 104 Å². The highest BCUT2D eigenvalue weighted by atomic mass is 35.5. The van der Waals surface area contributed by atoms with Crippen LogP contribution in [0.15, 0.2) is 30.5 Å². The first kappa shape index (κ1) is 10.5. The number of rotatable bonds is 1. The van der Waals surface area contributed by atoms with Crippen molar-refractivity contribution in [3.05, 3.63) is 35.5 Å². The van der Waals surface area contributed by atoms with Crippen LogP contribution in [0.2, 0.25) is 5.02 Å². The van der Waals surface area contributed by atoms with E-state index in [-0.39, 0.29) is 5.03 Å². The molecular weight excluding hydrogens is 262 g/mol. The molecule has 0 spiro atoms. The number of carbonyl (C=O) groups is 1. The lowest BCUT2D eigenvalue weighted by molar-refractivity contribution is -0.114. The second-order valence-corrected chi connectivity index (χ2v) is 5.02. The van der Waals surface area contributed by atoms with Crippen LogP contribution in [0.3, 0.4) is 0 Å². The van der Waals surface area contributed by atoms with Crippen LogP contribution in [-0.2, 0) is 15.8 Å². The maximum atomic E-state index is 11.6. The van der Waals surface area contributed by atoms with Crippen molar-refractivity contribution in [2.24, 2.45) is 0 Å². The van der Waals surface area contributed by atoms with Crippen molar-refractivity contribution in [2.45, 2.75) is 0 Å². The van der Waals surface area contributed by atoms with Crippen LogP contribution >= 0.6 is 11.6 Å². The summed E-state index contributed by atoms with van der Waals surface area (Å²) in [6.45, 7) is 0. The first-order chi connectivity index (χ1) is 8.16. The molecule has 0 radical (unpaired) electrons. The second-order valence-electron chi connectivity index (χ2n) is 3.45. The number of fused-ring (bicyclic) bond motifs is 1. The lowest BCUT2D eigenvalue weighted by Gasteiger charge is -2.03. The Hall–Kier alpha value is -1.66. The number of para-hydroxylation sites is 1. The fourth-order valence-electron chi connectivity index (χ4n) is 1.68. The fraction of sp³-hybridized carbons (Fsp3) is 0. The molecule has 0 aliphatic carbocycles. The summed E-state index contributed by atoms with van der Waals surface area (Å²) < 4.78 is 15.3. The Morgan fingerprint density at radius 1 is 1.41 bits per heavy atom. The molecule has 1 aromatic carbocycles. The van der Waals surface area contributed by atoms with Gasteiger partial charge in [0.25, 0.3) is 5.91 Å². The number of benzene rings is 1. The summed E-state index contributed by atoms with van der Waals surface area (Å²) >= 11 is 6.07. The topological polar surface area (TPSA) is 64.0 Å². The molecule has 17 heavy (non-hydrogen) atoms. The van der Waals surface area contributed by atoms with E-state index in [0.717, 1.165) is 5.39 Å². The molecule has 0 bridgehead atoms. The van der Waals surface area contributed by atoms with Crippen molar-refractivity contribution < 1.29 is 9.00 Å². The molecule has 7 heteroatoms. The van der Waals surface area contributed by atoms with Crippen molar-refractivity contribution in [1.82, 2.24) is 14.5 Å². The van der Waals surface area contributed by atoms with Crippen molar-refractivity contribution in [2.75, 3.05) is 0 Å². The minimum atomic E-state index is -1.58. The zero-order valence-corrected chi connectivity index (χ0v) is 9.96. The number of amides is 1. The van der Waals surface area contributed by atoms with Crippen molar-refractivity contribution in [1.29, 1.82) is 0 Å². The summed E-state index contributed by atoms with van der Waals surface area (Å²) in [5, 5.41) is 5.72. The summed E-state index contributed by atoms with van der Waals surface area (Å²) in [5.41, 5.74) is 0.644. The van der Waals surface area contributed by atoms with Crippen LogP contribution in [0.5, 0.6) is 0 Å². The van der Waals surface area contributed by atoms with Gasteiger partial charge < -0.3 is 0 Å². The number of carbonyl (C=O) groups excluding carboxylic acids is 1. The Morgan fingerprint density at radius 2 is 2.24 bits per heavy atom. The Bertz CT molecular complexity index is 692. The smallest absolute Gasteiger partial charge is 0.258 e. The maximum Gasteiger partial charge on any atom is 0.258 e. The molecule has 1 N–H and O–H groups in total. The summed E-state index contributed by atoms with van der Waals surface area (Å²) in [6, 6.07) is 5.37. The number of halogens is 1.